The van der Waals surface area contributed by atoms with Crippen LogP contribution in [-0.2, 0) is 25.9 Å². The van der Waals surface area contributed by atoms with Crippen molar-refractivity contribution in [2.24, 2.45) is 5.11 Å². The number of benzene rings is 2. The van der Waals surface area contributed by atoms with Gasteiger partial charge in [-0.15, -0.1) is 0 Å². The number of ether oxygens (including phenoxy) is 2. The van der Waals surface area contributed by atoms with Crippen molar-refractivity contribution < 1.29 is 24.0 Å². The van der Waals surface area contributed by atoms with Crippen LogP contribution in [0, 0.1) is 0 Å². The Bertz CT molecular complexity index is 1360. The molecule has 13 heteroatoms. The lowest BCUT2D eigenvalue weighted by molar-refractivity contribution is -0.352. The number of hydrogen-bond donors (Lipinski definition) is 1. The molecule has 0 bridgehead atoms. The third-order valence-corrected chi connectivity index (χ3v) is 6.46. The van der Waals surface area contributed by atoms with Crippen LogP contribution in [0.25, 0.3) is 10.4 Å². The van der Waals surface area contributed by atoms with Crippen molar-refractivity contribution in [3.63, 3.8) is 0 Å². The molecule has 1 aliphatic heterocycles. The highest BCUT2D eigenvalue weighted by atomic mass is 127. The van der Waals surface area contributed by atoms with Gasteiger partial charge in [0.15, 0.2) is 24.2 Å². The molecule has 4 atom stereocenters. The van der Waals surface area contributed by atoms with Gasteiger partial charge >= 0.3 is 11.7 Å². The second-order valence-electron chi connectivity index (χ2n) is 7.69. The molecule has 1 N–H and O–H groups in total. The third kappa shape index (κ3) is 5.50. The Balaban J connectivity index is 1.72. The van der Waals surface area contributed by atoms with Crippen LogP contribution in [0.2, 0.25) is 0 Å². The van der Waals surface area contributed by atoms with E-state index in [0.29, 0.717) is 0 Å². The van der Waals surface area contributed by atoms with Crippen molar-refractivity contribution in [2.75, 3.05) is 4.43 Å². The van der Waals surface area contributed by atoms with Gasteiger partial charge in [-0.05, 0) is 23.2 Å². The molecule has 1 fully saturated rings. The van der Waals surface area contributed by atoms with Crippen molar-refractivity contribution in [2.45, 2.75) is 30.8 Å². The van der Waals surface area contributed by atoms with Gasteiger partial charge in [0.25, 0.3) is 5.56 Å². The van der Waals surface area contributed by atoms with Crippen LogP contribution in [0.1, 0.15) is 22.1 Å². The zero-order chi connectivity index (χ0) is 25.5. The molecule has 1 aromatic heterocycles. The molecule has 1 saturated heterocycles. The number of halogens is 1. The van der Waals surface area contributed by atoms with Crippen molar-refractivity contribution in [3.05, 3.63) is 115 Å². The predicted molar refractivity (Wildman–Crippen MR) is 134 cm³/mol. The fraction of sp³-hybridized carbons (Fsp3) is 0.261. The first-order valence-corrected chi connectivity index (χ1v) is 12.2. The largest absolute Gasteiger partial charge is 0.452 e. The van der Waals surface area contributed by atoms with Gasteiger partial charge in [0.05, 0.1) is 5.56 Å². The van der Waals surface area contributed by atoms with E-state index in [4.69, 9.17) is 19.2 Å². The minimum absolute atomic E-state index is 0.0304. The summed E-state index contributed by atoms with van der Waals surface area (Å²) >= 11 is 1.92. The van der Waals surface area contributed by atoms with Crippen molar-refractivity contribution >= 4 is 28.6 Å². The molecule has 3 aromatic rings. The van der Waals surface area contributed by atoms with Crippen LogP contribution < -0.4 is 11.2 Å². The zero-order valence-electron chi connectivity index (χ0n) is 18.6. The highest BCUT2D eigenvalue weighted by Gasteiger charge is 2.59. The standard InChI is InChI=1S/C23H20IN5O7/c24-14-23(27-28-25)19(34-21(31)16-9-5-2-6-10-16)18(36-33-13-15-7-3-1-4-8-15)20(35-23)29-12-11-17(30)26-22(29)32/h1-12,18-20H,13-14H2,(H,26,30,32)/t18-,19+,20-,23-/m1/s1. The molecule has 0 radical (unpaired) electrons. The Morgan fingerprint density at radius 3 is 2.47 bits per heavy atom. The van der Waals surface area contributed by atoms with Gasteiger partial charge in [0.1, 0.15) is 6.61 Å². The maximum atomic E-state index is 13.0. The van der Waals surface area contributed by atoms with Crippen molar-refractivity contribution in [1.29, 1.82) is 0 Å². The van der Waals surface area contributed by atoms with E-state index in [0.717, 1.165) is 16.2 Å². The summed E-state index contributed by atoms with van der Waals surface area (Å²) in [5.41, 5.74) is 7.17. The Morgan fingerprint density at radius 2 is 1.83 bits per heavy atom. The average molecular weight is 605 g/mol. The molecule has 2 aromatic carbocycles. The number of azide groups is 1. The maximum Gasteiger partial charge on any atom is 0.338 e. The van der Waals surface area contributed by atoms with Crippen LogP contribution >= 0.6 is 22.6 Å². The summed E-state index contributed by atoms with van der Waals surface area (Å²) in [5, 5.41) is 3.79. The molecule has 186 valence electrons. The number of esters is 1. The van der Waals surface area contributed by atoms with E-state index in [1.165, 1.54) is 6.20 Å². The fourth-order valence-electron chi connectivity index (χ4n) is 3.65. The zero-order valence-corrected chi connectivity index (χ0v) is 20.8. The first-order chi connectivity index (χ1) is 17.5. The Kier molecular flexibility index (Phi) is 8.18. The molecule has 0 aliphatic carbocycles. The summed E-state index contributed by atoms with van der Waals surface area (Å²) in [7, 11) is 0. The van der Waals surface area contributed by atoms with Crippen LogP contribution in [0.15, 0.2) is 87.6 Å². The molecular weight excluding hydrogens is 585 g/mol. The van der Waals surface area contributed by atoms with Gasteiger partial charge in [0.2, 0.25) is 0 Å². The van der Waals surface area contributed by atoms with E-state index in [1.807, 2.05) is 52.9 Å². The van der Waals surface area contributed by atoms with Crippen LogP contribution in [0.4, 0.5) is 0 Å². The van der Waals surface area contributed by atoms with E-state index < -0.39 is 41.4 Å². The number of carbonyl (C=O) groups excluding carboxylic acids is 1. The first kappa shape index (κ1) is 25.6. The van der Waals surface area contributed by atoms with E-state index in [-0.39, 0.29) is 16.6 Å². The number of nitrogens with zero attached hydrogens (tertiary/aromatic N) is 4. The number of carbonyl (C=O) groups is 1. The Labute approximate surface area is 217 Å². The Hall–Kier alpha value is -3.49. The van der Waals surface area contributed by atoms with Crippen molar-refractivity contribution in [3.8, 4) is 0 Å². The lowest BCUT2D eigenvalue weighted by Crippen LogP contribution is -2.47. The first-order valence-electron chi connectivity index (χ1n) is 10.7. The molecule has 36 heavy (non-hydrogen) atoms. The number of nitrogens with one attached hydrogen (secondary N) is 1. The Morgan fingerprint density at radius 1 is 1.14 bits per heavy atom. The number of alkyl halides is 1. The number of rotatable bonds is 9. The number of aromatic amines is 1. The monoisotopic (exact) mass is 605 g/mol. The minimum Gasteiger partial charge on any atom is -0.452 e. The van der Waals surface area contributed by atoms with Gasteiger partial charge in [-0.1, -0.05) is 76.2 Å². The molecule has 0 amide bonds. The summed E-state index contributed by atoms with van der Waals surface area (Å²) in [5.74, 6) is -0.724. The normalized spacial score (nSPS) is 23.1. The minimum atomic E-state index is -1.75. The van der Waals surface area contributed by atoms with E-state index >= 15 is 0 Å². The second-order valence-corrected chi connectivity index (χ2v) is 8.46. The maximum absolute atomic E-state index is 13.0. The van der Waals surface area contributed by atoms with Crippen LogP contribution in [0.3, 0.4) is 0 Å². The molecular formula is C23H20IN5O7. The highest BCUT2D eigenvalue weighted by molar-refractivity contribution is 14.1. The summed E-state index contributed by atoms with van der Waals surface area (Å²) in [6.45, 7) is 0.0304. The van der Waals surface area contributed by atoms with Gasteiger partial charge < -0.3 is 9.47 Å². The lowest BCUT2D eigenvalue weighted by atomic mass is 10.1. The van der Waals surface area contributed by atoms with E-state index in [2.05, 4.69) is 15.0 Å². The lowest BCUT2D eigenvalue weighted by Gasteiger charge is -2.28. The molecule has 0 unspecified atom stereocenters. The van der Waals surface area contributed by atoms with Crippen LogP contribution in [-0.4, -0.2) is 37.9 Å². The SMILES string of the molecule is [N-]=[N+]=N[C@]1(CI)O[C@@H](n2ccc(=O)[nH]c2=O)[C@H](OOCc2ccccc2)[C@@H]1OC(=O)c1ccccc1. The van der Waals surface area contributed by atoms with Crippen molar-refractivity contribution in [1.82, 2.24) is 9.55 Å². The second kappa shape index (κ2) is 11.5. The van der Waals surface area contributed by atoms with E-state index in [9.17, 15) is 19.9 Å². The summed E-state index contributed by atoms with van der Waals surface area (Å²) in [6.07, 6.45) is -2.66. The topological polar surface area (TPSA) is 158 Å². The summed E-state index contributed by atoms with van der Waals surface area (Å²) < 4.78 is 12.9. The molecule has 12 nitrogen and oxygen atoms in total. The molecule has 1 aliphatic rings. The van der Waals surface area contributed by atoms with Gasteiger partial charge in [-0.25, -0.2) is 19.4 Å². The van der Waals surface area contributed by atoms with E-state index in [1.54, 1.807) is 30.3 Å². The van der Waals surface area contributed by atoms with Gasteiger partial charge in [-0.2, -0.15) is 0 Å². The smallest absolute Gasteiger partial charge is 0.338 e. The predicted octanol–water partition coefficient (Wildman–Crippen LogP) is 3.25. The number of aromatic nitrogens is 2. The molecule has 2 heterocycles. The van der Waals surface area contributed by atoms with Gasteiger partial charge in [0, 0.05) is 21.6 Å². The average Bonchev–Trinajstić information content (AvgIpc) is 3.18. The van der Waals surface area contributed by atoms with Crippen LogP contribution in [0.5, 0.6) is 0 Å². The number of hydrogen-bond acceptors (Lipinski definition) is 8. The quantitative estimate of drug-likeness (QED) is 0.0573. The number of H-pyrrole nitrogens is 1. The molecule has 0 spiro atoms. The fourth-order valence-corrected chi connectivity index (χ4v) is 4.42. The molecule has 0 saturated carbocycles. The third-order valence-electron chi connectivity index (χ3n) is 5.37. The summed E-state index contributed by atoms with van der Waals surface area (Å²) in [4.78, 5) is 53.3. The molecule has 4 rings (SSSR count). The highest BCUT2D eigenvalue weighted by Crippen LogP contribution is 2.43. The summed E-state index contributed by atoms with van der Waals surface area (Å²) in [6, 6.07) is 18.5. The van der Waals surface area contributed by atoms with Gasteiger partial charge in [-0.3, -0.25) is 14.3 Å².